The minimum absolute atomic E-state index is 0.128. The van der Waals surface area contributed by atoms with E-state index in [2.05, 4.69) is 20.8 Å². The second-order valence-corrected chi connectivity index (χ2v) is 22.4. The van der Waals surface area contributed by atoms with E-state index in [0.717, 1.165) is 29.7 Å². The van der Waals surface area contributed by atoms with Gasteiger partial charge in [0, 0.05) is 11.6 Å². The molecule has 4 aromatic rings. The lowest BCUT2D eigenvalue weighted by Crippen LogP contribution is -2.48. The van der Waals surface area contributed by atoms with E-state index in [1.807, 2.05) is 26.0 Å². The summed E-state index contributed by atoms with van der Waals surface area (Å²) in [5.74, 6) is -19.6. The highest BCUT2D eigenvalue weighted by atomic mass is 28.4. The van der Waals surface area contributed by atoms with Crippen molar-refractivity contribution in [3.05, 3.63) is 100 Å². The van der Waals surface area contributed by atoms with Crippen LogP contribution >= 0.6 is 0 Å². The van der Waals surface area contributed by atoms with Crippen molar-refractivity contribution in [2.75, 3.05) is 0 Å². The number of halogens is 9. The van der Waals surface area contributed by atoms with Crippen molar-refractivity contribution in [1.82, 2.24) is 0 Å². The SMILES string of the molecule is CC[Si](CC)(CC)CCC[Si](Cc1ccccc1)(Oc1c(F)c(F)c2c(F)c(F)c(-c3cc(F)[c]c(F)c3F)c(F)c2c1F)C(C)C. The average Bonchev–Trinajstić information content (AvgIpc) is 3.04. The molecule has 4 rings (SSSR count). The smallest absolute Gasteiger partial charge is 0.258 e. The van der Waals surface area contributed by atoms with Gasteiger partial charge in [0.1, 0.15) is 11.6 Å². The number of rotatable bonds is 13. The van der Waals surface area contributed by atoms with Gasteiger partial charge in [-0.2, -0.15) is 4.39 Å². The summed E-state index contributed by atoms with van der Waals surface area (Å²) in [5.41, 5.74) is -2.66. The van der Waals surface area contributed by atoms with Crippen LogP contribution in [0.15, 0.2) is 36.4 Å². The normalized spacial score (nSPS) is 13.4. The highest BCUT2D eigenvalue weighted by Gasteiger charge is 2.44. The molecule has 47 heavy (non-hydrogen) atoms. The Morgan fingerprint density at radius 1 is 0.681 bits per heavy atom. The molecule has 0 heterocycles. The summed E-state index contributed by atoms with van der Waals surface area (Å²) < 4.78 is 143. The van der Waals surface area contributed by atoms with E-state index in [-0.39, 0.29) is 17.7 Å². The van der Waals surface area contributed by atoms with Crippen LogP contribution in [-0.4, -0.2) is 16.4 Å². The van der Waals surface area contributed by atoms with E-state index in [1.54, 1.807) is 18.2 Å². The molecule has 12 heteroatoms. The Hall–Kier alpha value is -3.26. The number of benzene rings is 4. The van der Waals surface area contributed by atoms with Gasteiger partial charge >= 0.3 is 0 Å². The monoisotopic (exact) mass is 699 g/mol. The Balaban J connectivity index is 1.96. The molecule has 0 N–H and O–H groups in total. The maximum atomic E-state index is 16.4. The third-order valence-electron chi connectivity index (χ3n) is 9.81. The molecule has 0 aromatic heterocycles. The molecule has 1 radical (unpaired) electrons. The zero-order valence-electron chi connectivity index (χ0n) is 26.8. The van der Waals surface area contributed by atoms with Gasteiger partial charge in [-0.3, -0.25) is 0 Å². The first-order valence-electron chi connectivity index (χ1n) is 15.6. The highest BCUT2D eigenvalue weighted by Crippen LogP contribution is 2.44. The zero-order chi connectivity index (χ0) is 34.8. The molecular formula is C35H36F9OSi2. The quantitative estimate of drug-likeness (QED) is 0.0767. The fourth-order valence-electron chi connectivity index (χ4n) is 6.48. The van der Waals surface area contributed by atoms with E-state index >= 15 is 26.3 Å². The van der Waals surface area contributed by atoms with Gasteiger partial charge in [-0.15, -0.1) is 0 Å². The van der Waals surface area contributed by atoms with Gasteiger partial charge in [-0.25, -0.2) is 35.1 Å². The Morgan fingerprint density at radius 2 is 1.26 bits per heavy atom. The molecule has 0 spiro atoms. The van der Waals surface area contributed by atoms with Gasteiger partial charge in [0.05, 0.1) is 30.5 Å². The maximum absolute atomic E-state index is 16.4. The maximum Gasteiger partial charge on any atom is 0.258 e. The standard InChI is InChI=1S/C35H36F9OSi2/c1-6-46(7-2,8-3)15-12-16-47(20(4)5,19-21-13-10-9-11-14-21)45-35-33(43)26-27(32(42)34(35)44)31(41)30(40)25(29(26)39)23-17-22(36)18-24(37)28(23)38/h9-11,13-14,17,20H,6-8,12,15-16,19H2,1-5H3. The highest BCUT2D eigenvalue weighted by molar-refractivity contribution is 6.80. The van der Waals surface area contributed by atoms with Crippen LogP contribution in [0.1, 0.15) is 46.6 Å². The van der Waals surface area contributed by atoms with E-state index in [1.165, 1.54) is 6.07 Å². The van der Waals surface area contributed by atoms with Crippen molar-refractivity contribution < 1.29 is 43.9 Å². The van der Waals surface area contributed by atoms with Gasteiger partial charge in [0.2, 0.25) is 5.82 Å². The summed E-state index contributed by atoms with van der Waals surface area (Å²) >= 11 is 0. The molecule has 253 valence electrons. The molecule has 0 saturated heterocycles. The van der Waals surface area contributed by atoms with Crippen LogP contribution in [0.25, 0.3) is 21.9 Å². The molecule has 4 aromatic carbocycles. The van der Waals surface area contributed by atoms with Gasteiger partial charge in [0.25, 0.3) is 8.32 Å². The van der Waals surface area contributed by atoms with Gasteiger partial charge in [0.15, 0.2) is 40.7 Å². The molecule has 1 atom stereocenters. The van der Waals surface area contributed by atoms with Crippen LogP contribution < -0.4 is 4.43 Å². The lowest BCUT2D eigenvalue weighted by Gasteiger charge is -2.37. The molecule has 0 aliphatic heterocycles. The molecule has 0 fully saturated rings. The Kier molecular flexibility index (Phi) is 11.3. The summed E-state index contributed by atoms with van der Waals surface area (Å²) in [6, 6.07) is 15.2. The van der Waals surface area contributed by atoms with Crippen molar-refractivity contribution in [1.29, 1.82) is 0 Å². The molecule has 0 aliphatic rings. The van der Waals surface area contributed by atoms with Gasteiger partial charge in [-0.1, -0.05) is 95.5 Å². The Bertz CT molecular complexity index is 1750. The summed E-state index contributed by atoms with van der Waals surface area (Å²) in [7, 11) is -5.02. The molecular weight excluding hydrogens is 664 g/mol. The van der Waals surface area contributed by atoms with Crippen molar-refractivity contribution in [2.45, 2.75) is 82.8 Å². The molecule has 1 nitrogen and oxygen atoms in total. The second kappa shape index (κ2) is 14.5. The minimum atomic E-state index is -3.39. The topological polar surface area (TPSA) is 9.23 Å². The van der Waals surface area contributed by atoms with Crippen molar-refractivity contribution in [2.24, 2.45) is 0 Å². The summed E-state index contributed by atoms with van der Waals surface area (Å²) in [5, 5.41) is -3.30. The minimum Gasteiger partial charge on any atom is -0.539 e. The third kappa shape index (κ3) is 6.85. The predicted octanol–water partition coefficient (Wildman–Crippen LogP) is 12.0. The number of hydrogen-bond acceptors (Lipinski definition) is 1. The van der Waals surface area contributed by atoms with Crippen LogP contribution in [0.5, 0.6) is 5.75 Å². The van der Waals surface area contributed by atoms with Crippen LogP contribution in [0.3, 0.4) is 0 Å². The first-order valence-corrected chi connectivity index (χ1v) is 20.9. The van der Waals surface area contributed by atoms with Crippen LogP contribution in [0, 0.1) is 58.4 Å². The van der Waals surface area contributed by atoms with Gasteiger partial charge < -0.3 is 4.43 Å². The fourth-order valence-corrected chi connectivity index (χ4v) is 14.2. The van der Waals surface area contributed by atoms with Crippen LogP contribution in [0.2, 0.25) is 35.8 Å². The van der Waals surface area contributed by atoms with E-state index in [0.29, 0.717) is 12.5 Å². The molecule has 1 unspecified atom stereocenters. The van der Waals surface area contributed by atoms with E-state index in [4.69, 9.17) is 4.43 Å². The predicted molar refractivity (Wildman–Crippen MR) is 171 cm³/mol. The van der Waals surface area contributed by atoms with Crippen LogP contribution in [0.4, 0.5) is 39.5 Å². The van der Waals surface area contributed by atoms with Gasteiger partial charge in [-0.05, 0) is 23.2 Å². The Labute approximate surface area is 270 Å². The molecule has 0 aliphatic carbocycles. The molecule has 0 amide bonds. The zero-order valence-corrected chi connectivity index (χ0v) is 28.8. The lowest BCUT2D eigenvalue weighted by atomic mass is 9.97. The first-order chi connectivity index (χ1) is 22.2. The number of fused-ring (bicyclic) bond motifs is 1. The Morgan fingerprint density at radius 3 is 1.83 bits per heavy atom. The van der Waals surface area contributed by atoms with E-state index < -0.39 is 96.4 Å². The lowest BCUT2D eigenvalue weighted by molar-refractivity contribution is 0.407. The average molecular weight is 700 g/mol. The third-order valence-corrected chi connectivity index (χ3v) is 20.6. The fraction of sp³-hybridized carbons (Fsp3) is 0.371. The summed E-state index contributed by atoms with van der Waals surface area (Å²) in [6.07, 6.45) is 0.665. The van der Waals surface area contributed by atoms with Crippen LogP contribution in [-0.2, 0) is 6.04 Å². The van der Waals surface area contributed by atoms with Crippen molar-refractivity contribution >= 4 is 27.2 Å². The second-order valence-electron chi connectivity index (χ2n) is 12.4. The van der Waals surface area contributed by atoms with Crippen molar-refractivity contribution in [3.8, 4) is 16.9 Å². The van der Waals surface area contributed by atoms with Crippen molar-refractivity contribution in [3.63, 3.8) is 0 Å². The summed E-state index contributed by atoms with van der Waals surface area (Å²) in [6.45, 7) is 10.1. The molecule has 0 saturated carbocycles. The molecule has 0 bridgehead atoms. The summed E-state index contributed by atoms with van der Waals surface area (Å²) in [4.78, 5) is 0. The van der Waals surface area contributed by atoms with E-state index in [9.17, 15) is 13.2 Å². The first kappa shape index (κ1) is 36.6. The number of hydrogen-bond donors (Lipinski definition) is 0. The largest absolute Gasteiger partial charge is 0.539 e.